The highest BCUT2D eigenvalue weighted by Crippen LogP contribution is 2.19. The topological polar surface area (TPSA) is 45.3 Å². The second-order valence-corrected chi connectivity index (χ2v) is 4.96. The van der Waals surface area contributed by atoms with Crippen LogP contribution in [0.5, 0.6) is 5.75 Å². The molecule has 0 heterocycles. The van der Waals surface area contributed by atoms with Crippen LogP contribution < -0.4 is 20.9 Å². The first-order chi connectivity index (χ1) is 10.2. The van der Waals surface area contributed by atoms with Gasteiger partial charge in [-0.2, -0.15) is 0 Å². The van der Waals surface area contributed by atoms with Crippen molar-refractivity contribution in [3.63, 3.8) is 0 Å². The standard InChI is InChI=1S/C15H16ClN3OS/c1-2-20-12-9-7-11(8-10-12)17-15(21)19-18-14-6-4-3-5-13(14)16/h3-10,18H,2H2,1H3,(H2,17,19,21). The van der Waals surface area contributed by atoms with E-state index in [-0.39, 0.29) is 0 Å². The Morgan fingerprint density at radius 3 is 2.52 bits per heavy atom. The Labute approximate surface area is 134 Å². The smallest absolute Gasteiger partial charge is 0.189 e. The summed E-state index contributed by atoms with van der Waals surface area (Å²) in [6.07, 6.45) is 0. The summed E-state index contributed by atoms with van der Waals surface area (Å²) in [6, 6.07) is 15.0. The molecule has 0 fully saturated rings. The van der Waals surface area contributed by atoms with Crippen molar-refractivity contribution < 1.29 is 4.74 Å². The molecule has 110 valence electrons. The molecule has 0 amide bonds. The van der Waals surface area contributed by atoms with Crippen LogP contribution in [-0.4, -0.2) is 11.7 Å². The van der Waals surface area contributed by atoms with Crippen LogP contribution in [0.4, 0.5) is 11.4 Å². The third-order valence-electron chi connectivity index (χ3n) is 2.61. The molecule has 2 aromatic carbocycles. The van der Waals surface area contributed by atoms with Crippen LogP contribution in [0.2, 0.25) is 5.02 Å². The second kappa shape index (κ2) is 7.71. The molecule has 0 unspecified atom stereocenters. The van der Waals surface area contributed by atoms with Gasteiger partial charge in [0.2, 0.25) is 0 Å². The maximum atomic E-state index is 6.03. The number of anilines is 2. The molecule has 0 atom stereocenters. The summed E-state index contributed by atoms with van der Waals surface area (Å²) in [7, 11) is 0. The molecule has 4 nitrogen and oxygen atoms in total. The molecule has 0 spiro atoms. The summed E-state index contributed by atoms with van der Waals surface area (Å²) in [5, 5.41) is 4.12. The minimum atomic E-state index is 0.444. The van der Waals surface area contributed by atoms with E-state index in [1.54, 1.807) is 6.07 Å². The summed E-state index contributed by atoms with van der Waals surface area (Å²) < 4.78 is 5.38. The number of rotatable bonds is 5. The van der Waals surface area contributed by atoms with Crippen molar-refractivity contribution >= 4 is 40.3 Å². The number of thiocarbonyl (C=S) groups is 1. The van der Waals surface area contributed by atoms with Gasteiger partial charge in [-0.25, -0.2) is 0 Å². The molecule has 0 bridgehead atoms. The van der Waals surface area contributed by atoms with E-state index in [0.717, 1.165) is 17.1 Å². The highest BCUT2D eigenvalue weighted by Gasteiger charge is 2.00. The van der Waals surface area contributed by atoms with Gasteiger partial charge in [-0.1, -0.05) is 23.7 Å². The highest BCUT2D eigenvalue weighted by molar-refractivity contribution is 7.80. The molecule has 2 aromatic rings. The first kappa shape index (κ1) is 15.4. The summed E-state index contributed by atoms with van der Waals surface area (Å²) in [5.41, 5.74) is 7.47. The van der Waals surface area contributed by atoms with E-state index >= 15 is 0 Å². The molecule has 0 aliphatic carbocycles. The minimum Gasteiger partial charge on any atom is -0.494 e. The van der Waals surface area contributed by atoms with Crippen molar-refractivity contribution in [1.29, 1.82) is 0 Å². The SMILES string of the molecule is CCOc1ccc(NC(=S)NNc2ccccc2Cl)cc1. The van der Waals surface area contributed by atoms with E-state index < -0.39 is 0 Å². The first-order valence-electron chi connectivity index (χ1n) is 6.49. The van der Waals surface area contributed by atoms with Crippen LogP contribution >= 0.6 is 23.8 Å². The predicted octanol–water partition coefficient (Wildman–Crippen LogP) is 4.05. The van der Waals surface area contributed by atoms with Crippen molar-refractivity contribution in [2.45, 2.75) is 6.92 Å². The molecule has 0 saturated heterocycles. The quantitative estimate of drug-likeness (QED) is 0.573. The van der Waals surface area contributed by atoms with Gasteiger partial charge in [0.25, 0.3) is 0 Å². The van der Waals surface area contributed by atoms with Gasteiger partial charge in [-0.05, 0) is 55.5 Å². The highest BCUT2D eigenvalue weighted by atomic mass is 35.5. The fourth-order valence-electron chi connectivity index (χ4n) is 1.65. The summed E-state index contributed by atoms with van der Waals surface area (Å²) >= 11 is 11.2. The zero-order valence-electron chi connectivity index (χ0n) is 11.5. The van der Waals surface area contributed by atoms with Crippen LogP contribution in [0, 0.1) is 0 Å². The van der Waals surface area contributed by atoms with E-state index in [4.69, 9.17) is 28.6 Å². The molecule has 3 N–H and O–H groups in total. The van der Waals surface area contributed by atoms with Crippen molar-refractivity contribution in [2.24, 2.45) is 0 Å². The van der Waals surface area contributed by atoms with Gasteiger partial charge in [0.1, 0.15) is 5.75 Å². The van der Waals surface area contributed by atoms with Gasteiger partial charge in [-0.15, -0.1) is 0 Å². The molecular weight excluding hydrogens is 306 g/mol. The van der Waals surface area contributed by atoms with Crippen LogP contribution in [0.25, 0.3) is 0 Å². The average Bonchev–Trinajstić information content (AvgIpc) is 2.49. The Bertz CT molecular complexity index is 604. The van der Waals surface area contributed by atoms with Crippen LogP contribution in [0.15, 0.2) is 48.5 Å². The maximum Gasteiger partial charge on any atom is 0.189 e. The number of ether oxygens (including phenoxy) is 1. The molecule has 21 heavy (non-hydrogen) atoms. The Morgan fingerprint density at radius 1 is 1.14 bits per heavy atom. The Balaban J connectivity index is 1.85. The molecule has 0 aliphatic rings. The molecule has 0 radical (unpaired) electrons. The van der Waals surface area contributed by atoms with Gasteiger partial charge in [-0.3, -0.25) is 10.9 Å². The zero-order valence-corrected chi connectivity index (χ0v) is 13.1. The number of benzene rings is 2. The Morgan fingerprint density at radius 2 is 1.86 bits per heavy atom. The zero-order chi connectivity index (χ0) is 15.1. The largest absolute Gasteiger partial charge is 0.494 e. The molecular formula is C15H16ClN3OS. The molecule has 0 saturated carbocycles. The molecule has 6 heteroatoms. The van der Waals surface area contributed by atoms with Gasteiger partial charge in [0, 0.05) is 5.69 Å². The van der Waals surface area contributed by atoms with Gasteiger partial charge in [0.15, 0.2) is 5.11 Å². The van der Waals surface area contributed by atoms with Gasteiger partial charge < -0.3 is 10.1 Å². The monoisotopic (exact) mass is 321 g/mol. The number of nitrogens with one attached hydrogen (secondary N) is 3. The second-order valence-electron chi connectivity index (χ2n) is 4.14. The Kier molecular flexibility index (Phi) is 5.66. The third-order valence-corrected chi connectivity index (χ3v) is 3.14. The number of halogens is 1. The summed E-state index contributed by atoms with van der Waals surface area (Å²) in [5.74, 6) is 0.830. The maximum absolute atomic E-state index is 6.03. The molecule has 0 aromatic heterocycles. The minimum absolute atomic E-state index is 0.444. The first-order valence-corrected chi connectivity index (χ1v) is 7.28. The van der Waals surface area contributed by atoms with E-state index in [2.05, 4.69) is 16.2 Å². The number of hydrogen-bond acceptors (Lipinski definition) is 3. The van der Waals surface area contributed by atoms with Gasteiger partial charge in [0.05, 0.1) is 17.3 Å². The Hall–Kier alpha value is -1.98. The lowest BCUT2D eigenvalue weighted by Crippen LogP contribution is -2.33. The molecule has 2 rings (SSSR count). The number of para-hydroxylation sites is 1. The van der Waals surface area contributed by atoms with Crippen LogP contribution in [0.3, 0.4) is 0 Å². The summed E-state index contributed by atoms with van der Waals surface area (Å²) in [4.78, 5) is 0. The lowest BCUT2D eigenvalue weighted by atomic mass is 10.3. The van der Waals surface area contributed by atoms with Crippen LogP contribution in [-0.2, 0) is 0 Å². The lowest BCUT2D eigenvalue weighted by Gasteiger charge is -2.13. The lowest BCUT2D eigenvalue weighted by molar-refractivity contribution is 0.340. The van der Waals surface area contributed by atoms with E-state index in [9.17, 15) is 0 Å². The van der Waals surface area contributed by atoms with Gasteiger partial charge >= 0.3 is 0 Å². The fraction of sp³-hybridized carbons (Fsp3) is 0.133. The van der Waals surface area contributed by atoms with Crippen molar-refractivity contribution in [1.82, 2.24) is 5.43 Å². The number of hydrazine groups is 1. The average molecular weight is 322 g/mol. The van der Waals surface area contributed by atoms with E-state index in [1.807, 2.05) is 49.4 Å². The number of hydrogen-bond donors (Lipinski definition) is 3. The predicted molar refractivity (Wildman–Crippen MR) is 92.0 cm³/mol. The molecule has 0 aliphatic heterocycles. The van der Waals surface area contributed by atoms with Crippen molar-refractivity contribution in [3.05, 3.63) is 53.6 Å². The normalized spacial score (nSPS) is 9.81. The fourth-order valence-corrected chi connectivity index (χ4v) is 2.00. The van der Waals surface area contributed by atoms with Crippen molar-refractivity contribution in [2.75, 3.05) is 17.3 Å². The van der Waals surface area contributed by atoms with E-state index in [1.165, 1.54) is 0 Å². The van der Waals surface area contributed by atoms with E-state index in [0.29, 0.717) is 16.7 Å². The third kappa shape index (κ3) is 4.81. The van der Waals surface area contributed by atoms with Crippen molar-refractivity contribution in [3.8, 4) is 5.75 Å². The van der Waals surface area contributed by atoms with Crippen LogP contribution in [0.1, 0.15) is 6.92 Å². The summed E-state index contributed by atoms with van der Waals surface area (Å²) in [6.45, 7) is 2.60.